The van der Waals surface area contributed by atoms with Crippen molar-refractivity contribution < 1.29 is 4.52 Å². The maximum Gasteiger partial charge on any atom is 0.258 e. The van der Waals surface area contributed by atoms with E-state index >= 15 is 0 Å². The van der Waals surface area contributed by atoms with Gasteiger partial charge >= 0.3 is 0 Å². The van der Waals surface area contributed by atoms with E-state index in [9.17, 15) is 0 Å². The van der Waals surface area contributed by atoms with Gasteiger partial charge in [0.2, 0.25) is 5.82 Å². The Morgan fingerprint density at radius 3 is 2.55 bits per heavy atom. The highest BCUT2D eigenvalue weighted by atomic mass is 35.5. The van der Waals surface area contributed by atoms with Gasteiger partial charge in [-0.05, 0) is 30.3 Å². The van der Waals surface area contributed by atoms with E-state index in [0.29, 0.717) is 27.4 Å². The molecule has 3 aromatic rings. The van der Waals surface area contributed by atoms with E-state index in [4.69, 9.17) is 26.6 Å². The predicted octanol–water partition coefficient (Wildman–Crippen LogP) is 3.20. The summed E-state index contributed by atoms with van der Waals surface area (Å²) in [5, 5.41) is 22.0. The lowest BCUT2D eigenvalue weighted by Gasteiger charge is -1.96. The number of benzene rings is 1. The molecule has 2 heterocycles. The van der Waals surface area contributed by atoms with Gasteiger partial charge < -0.3 is 4.52 Å². The second kappa shape index (κ2) is 5.65. The molecule has 0 spiro atoms. The Labute approximate surface area is 130 Å². The first-order valence-electron chi connectivity index (χ1n) is 6.11. The molecule has 0 unspecified atom stereocenters. The number of nitriles is 2. The average molecular weight is 308 g/mol. The van der Waals surface area contributed by atoms with Crippen LogP contribution in [0.5, 0.6) is 0 Å². The molecular weight excluding hydrogens is 302 g/mol. The van der Waals surface area contributed by atoms with Gasteiger partial charge in [-0.1, -0.05) is 16.8 Å². The van der Waals surface area contributed by atoms with Crippen molar-refractivity contribution in [2.75, 3.05) is 0 Å². The maximum atomic E-state index is 8.95. The number of rotatable bonds is 2. The topological polar surface area (TPSA) is 99.4 Å². The standard InChI is InChI=1S/C15H6ClN5O/c16-12-4-10(7-18)3-11(5-12)15-20-14(21-22-15)13-2-1-9(6-17)8-19-13/h1-5,8H. The number of pyridine rings is 1. The molecule has 6 nitrogen and oxygen atoms in total. The van der Waals surface area contributed by atoms with Crippen molar-refractivity contribution in [2.45, 2.75) is 0 Å². The van der Waals surface area contributed by atoms with Crippen molar-refractivity contribution in [2.24, 2.45) is 0 Å². The Hall–Kier alpha value is -3.22. The van der Waals surface area contributed by atoms with Gasteiger partial charge in [-0.15, -0.1) is 0 Å². The average Bonchev–Trinajstić information content (AvgIpc) is 3.04. The van der Waals surface area contributed by atoms with Gasteiger partial charge in [0.15, 0.2) is 0 Å². The Balaban J connectivity index is 1.98. The Morgan fingerprint density at radius 2 is 1.86 bits per heavy atom. The van der Waals surface area contributed by atoms with Gasteiger partial charge in [-0.2, -0.15) is 15.5 Å². The third-order valence-corrected chi connectivity index (χ3v) is 3.04. The summed E-state index contributed by atoms with van der Waals surface area (Å²) in [6.07, 6.45) is 1.43. The number of aromatic nitrogens is 3. The highest BCUT2D eigenvalue weighted by Crippen LogP contribution is 2.25. The lowest BCUT2D eigenvalue weighted by atomic mass is 10.1. The van der Waals surface area contributed by atoms with Crippen molar-refractivity contribution in [3.05, 3.63) is 52.7 Å². The number of halogens is 1. The molecule has 3 rings (SSSR count). The van der Waals surface area contributed by atoms with Gasteiger partial charge in [0.05, 0.1) is 17.2 Å². The monoisotopic (exact) mass is 307 g/mol. The molecule has 0 aliphatic heterocycles. The van der Waals surface area contributed by atoms with Crippen molar-refractivity contribution in [1.29, 1.82) is 10.5 Å². The van der Waals surface area contributed by atoms with Crippen LogP contribution in [0.4, 0.5) is 0 Å². The summed E-state index contributed by atoms with van der Waals surface area (Å²) >= 11 is 5.95. The molecule has 0 aliphatic carbocycles. The molecule has 0 aliphatic rings. The van der Waals surface area contributed by atoms with Crippen LogP contribution >= 0.6 is 11.6 Å². The van der Waals surface area contributed by atoms with Crippen LogP contribution in [0.2, 0.25) is 5.02 Å². The van der Waals surface area contributed by atoms with Crippen LogP contribution in [0.3, 0.4) is 0 Å². The summed E-state index contributed by atoms with van der Waals surface area (Å²) in [5.41, 5.74) is 1.88. The van der Waals surface area contributed by atoms with E-state index in [-0.39, 0.29) is 11.7 Å². The lowest BCUT2D eigenvalue weighted by Crippen LogP contribution is -1.87. The Bertz CT molecular complexity index is 918. The summed E-state index contributed by atoms with van der Waals surface area (Å²) in [4.78, 5) is 8.32. The van der Waals surface area contributed by atoms with Crippen LogP contribution in [0.25, 0.3) is 23.0 Å². The van der Waals surface area contributed by atoms with Gasteiger partial charge in [0.25, 0.3) is 5.89 Å². The molecule has 0 radical (unpaired) electrons. The second-order valence-electron chi connectivity index (χ2n) is 4.31. The fourth-order valence-electron chi connectivity index (χ4n) is 1.81. The van der Waals surface area contributed by atoms with Crippen molar-refractivity contribution in [1.82, 2.24) is 15.1 Å². The van der Waals surface area contributed by atoms with E-state index < -0.39 is 0 Å². The van der Waals surface area contributed by atoms with Crippen molar-refractivity contribution in [3.8, 4) is 35.1 Å². The largest absolute Gasteiger partial charge is 0.334 e. The van der Waals surface area contributed by atoms with Crippen LogP contribution in [0.15, 0.2) is 41.1 Å². The number of hydrogen-bond acceptors (Lipinski definition) is 6. The second-order valence-corrected chi connectivity index (χ2v) is 4.74. The van der Waals surface area contributed by atoms with Gasteiger partial charge in [-0.3, -0.25) is 4.98 Å². The van der Waals surface area contributed by atoms with Gasteiger partial charge in [0, 0.05) is 16.8 Å². The minimum atomic E-state index is 0.236. The third kappa shape index (κ3) is 2.64. The fourth-order valence-corrected chi connectivity index (χ4v) is 2.05. The lowest BCUT2D eigenvalue weighted by molar-refractivity contribution is 0.432. The molecule has 22 heavy (non-hydrogen) atoms. The SMILES string of the molecule is N#Cc1ccc(-c2noc(-c3cc(Cl)cc(C#N)c3)n2)nc1. The summed E-state index contributed by atoms with van der Waals surface area (Å²) in [6.45, 7) is 0. The van der Waals surface area contributed by atoms with Crippen LogP contribution in [-0.4, -0.2) is 15.1 Å². The minimum Gasteiger partial charge on any atom is -0.334 e. The van der Waals surface area contributed by atoms with Gasteiger partial charge in [0.1, 0.15) is 11.8 Å². The smallest absolute Gasteiger partial charge is 0.258 e. The molecule has 1 aromatic carbocycles. The summed E-state index contributed by atoms with van der Waals surface area (Å²) in [6, 6.07) is 12.0. The summed E-state index contributed by atoms with van der Waals surface area (Å²) in [5.74, 6) is 0.526. The highest BCUT2D eigenvalue weighted by Gasteiger charge is 2.13. The summed E-state index contributed by atoms with van der Waals surface area (Å²) < 4.78 is 5.18. The number of hydrogen-bond donors (Lipinski definition) is 0. The molecule has 2 aromatic heterocycles. The molecular formula is C15H6ClN5O. The van der Waals surface area contributed by atoms with Crippen LogP contribution < -0.4 is 0 Å². The Kier molecular flexibility index (Phi) is 3.53. The minimum absolute atomic E-state index is 0.236. The predicted molar refractivity (Wildman–Crippen MR) is 77.4 cm³/mol. The van der Waals surface area contributed by atoms with E-state index in [1.165, 1.54) is 6.20 Å². The third-order valence-electron chi connectivity index (χ3n) is 2.82. The zero-order chi connectivity index (χ0) is 15.5. The molecule has 0 saturated carbocycles. The van der Waals surface area contributed by atoms with E-state index in [1.807, 2.05) is 12.1 Å². The first kappa shape index (κ1) is 13.7. The molecule has 0 N–H and O–H groups in total. The van der Waals surface area contributed by atoms with E-state index in [2.05, 4.69) is 15.1 Å². The van der Waals surface area contributed by atoms with Crippen LogP contribution in [0.1, 0.15) is 11.1 Å². The normalized spacial score (nSPS) is 9.95. The molecule has 0 saturated heterocycles. The van der Waals surface area contributed by atoms with Crippen LogP contribution in [-0.2, 0) is 0 Å². The summed E-state index contributed by atoms with van der Waals surface area (Å²) in [7, 11) is 0. The van der Waals surface area contributed by atoms with Crippen molar-refractivity contribution >= 4 is 11.6 Å². The highest BCUT2D eigenvalue weighted by molar-refractivity contribution is 6.31. The zero-order valence-corrected chi connectivity index (χ0v) is 11.7. The maximum absolute atomic E-state index is 8.95. The molecule has 7 heteroatoms. The zero-order valence-electron chi connectivity index (χ0n) is 11.0. The Morgan fingerprint density at radius 1 is 1.05 bits per heavy atom. The van der Waals surface area contributed by atoms with Gasteiger partial charge in [-0.25, -0.2) is 0 Å². The van der Waals surface area contributed by atoms with E-state index in [0.717, 1.165) is 0 Å². The number of nitrogens with zero attached hydrogens (tertiary/aromatic N) is 5. The molecule has 0 bridgehead atoms. The van der Waals surface area contributed by atoms with E-state index in [1.54, 1.807) is 30.3 Å². The first-order valence-corrected chi connectivity index (χ1v) is 6.48. The molecule has 0 amide bonds. The first-order chi connectivity index (χ1) is 10.7. The fraction of sp³-hybridized carbons (Fsp3) is 0. The van der Waals surface area contributed by atoms with Crippen molar-refractivity contribution in [3.63, 3.8) is 0 Å². The quantitative estimate of drug-likeness (QED) is 0.720. The molecule has 0 fully saturated rings. The molecule has 104 valence electrons. The van der Waals surface area contributed by atoms with Crippen LogP contribution in [0, 0.1) is 22.7 Å². The molecule has 0 atom stereocenters.